The van der Waals surface area contributed by atoms with Crippen LogP contribution in [0.4, 0.5) is 0 Å². The Hall–Kier alpha value is -2.44. The molecule has 3 rings (SSSR count). The highest BCUT2D eigenvalue weighted by Gasteiger charge is 2.25. The Morgan fingerprint density at radius 1 is 1.25 bits per heavy atom. The van der Waals surface area contributed by atoms with Crippen LogP contribution in [-0.4, -0.2) is 26.6 Å². The fourth-order valence-corrected chi connectivity index (χ4v) is 2.67. The average Bonchev–Trinajstić information content (AvgIpc) is 3.18. The molecule has 0 radical (unpaired) electrons. The Kier molecular flexibility index (Phi) is 4.51. The van der Waals surface area contributed by atoms with E-state index in [0.29, 0.717) is 18.8 Å². The average molecular weight is 326 g/mol. The van der Waals surface area contributed by atoms with Crippen LogP contribution in [0.25, 0.3) is 5.69 Å². The fraction of sp³-hybridized carbons (Fsp3) is 0.333. The van der Waals surface area contributed by atoms with Gasteiger partial charge >= 0.3 is 0 Å². The fourth-order valence-electron chi connectivity index (χ4n) is 2.67. The molecule has 1 unspecified atom stereocenters. The van der Waals surface area contributed by atoms with Crippen LogP contribution in [-0.2, 0) is 12.1 Å². The lowest BCUT2D eigenvalue weighted by atomic mass is 10.0. The molecule has 0 bridgehead atoms. The summed E-state index contributed by atoms with van der Waals surface area (Å²) in [6.45, 7) is 6.70. The maximum absolute atomic E-state index is 10.4. The summed E-state index contributed by atoms with van der Waals surface area (Å²) in [4.78, 5) is 1.63. The Morgan fingerprint density at radius 3 is 2.67 bits per heavy atom. The van der Waals surface area contributed by atoms with Crippen molar-refractivity contribution in [1.82, 2.24) is 20.3 Å². The predicted molar refractivity (Wildman–Crippen MR) is 90.8 cm³/mol. The Labute approximate surface area is 141 Å². The first-order valence-corrected chi connectivity index (χ1v) is 7.91. The molecule has 2 N–H and O–H groups in total. The van der Waals surface area contributed by atoms with E-state index in [9.17, 15) is 5.11 Å². The van der Waals surface area contributed by atoms with Gasteiger partial charge in [-0.15, -0.1) is 0 Å². The van der Waals surface area contributed by atoms with Crippen molar-refractivity contribution in [3.63, 3.8) is 0 Å². The number of hydrogen-bond acceptors (Lipinski definition) is 5. The zero-order chi connectivity index (χ0) is 17.2. The van der Waals surface area contributed by atoms with E-state index in [4.69, 9.17) is 4.42 Å². The molecule has 24 heavy (non-hydrogen) atoms. The zero-order valence-corrected chi connectivity index (χ0v) is 14.2. The van der Waals surface area contributed by atoms with Crippen LogP contribution >= 0.6 is 0 Å². The molecule has 126 valence electrons. The molecule has 2 heterocycles. The summed E-state index contributed by atoms with van der Waals surface area (Å²) >= 11 is 0. The summed E-state index contributed by atoms with van der Waals surface area (Å²) in [5.74, 6) is 0.536. The van der Waals surface area contributed by atoms with Crippen LogP contribution in [0.3, 0.4) is 0 Å². The molecule has 0 aliphatic carbocycles. The number of benzene rings is 1. The van der Waals surface area contributed by atoms with Gasteiger partial charge in [0, 0.05) is 13.1 Å². The van der Waals surface area contributed by atoms with E-state index >= 15 is 0 Å². The lowest BCUT2D eigenvalue weighted by Crippen LogP contribution is -2.34. The summed E-state index contributed by atoms with van der Waals surface area (Å²) in [5, 5.41) is 22.4. The van der Waals surface area contributed by atoms with Crippen LogP contribution in [0.2, 0.25) is 0 Å². The van der Waals surface area contributed by atoms with Gasteiger partial charge in [0.1, 0.15) is 11.4 Å². The van der Waals surface area contributed by atoms with Crippen LogP contribution in [0, 0.1) is 13.8 Å². The molecule has 1 aromatic carbocycles. The predicted octanol–water partition coefficient (Wildman–Crippen LogP) is 2.47. The van der Waals surface area contributed by atoms with Crippen molar-refractivity contribution in [3.05, 3.63) is 65.4 Å². The minimum absolute atomic E-state index is 0.358. The third-order valence-corrected chi connectivity index (χ3v) is 3.80. The third-order valence-electron chi connectivity index (χ3n) is 3.80. The van der Waals surface area contributed by atoms with Crippen LogP contribution in [0.1, 0.15) is 29.5 Å². The van der Waals surface area contributed by atoms with Crippen molar-refractivity contribution in [2.45, 2.75) is 32.9 Å². The Bertz CT molecular complexity index is 786. The SMILES string of the molecule is Cc1cc(C)cc(-n2ncc(CNCC(C)(O)c3ccco3)n2)c1. The third kappa shape index (κ3) is 3.72. The first-order valence-electron chi connectivity index (χ1n) is 7.91. The number of hydrogen-bond donors (Lipinski definition) is 2. The van der Waals surface area contributed by atoms with Gasteiger partial charge in [0.05, 0.1) is 23.8 Å². The molecule has 0 aliphatic heterocycles. The van der Waals surface area contributed by atoms with Gasteiger partial charge < -0.3 is 14.8 Å². The van der Waals surface area contributed by atoms with Crippen molar-refractivity contribution >= 4 is 0 Å². The number of nitrogens with one attached hydrogen (secondary N) is 1. The highest BCUT2D eigenvalue weighted by atomic mass is 16.4. The van der Waals surface area contributed by atoms with Crippen LogP contribution in [0.15, 0.2) is 47.2 Å². The first-order chi connectivity index (χ1) is 11.4. The number of rotatable bonds is 6. The normalized spacial score (nSPS) is 13.8. The number of aliphatic hydroxyl groups is 1. The van der Waals surface area contributed by atoms with E-state index in [-0.39, 0.29) is 0 Å². The highest BCUT2D eigenvalue weighted by molar-refractivity contribution is 5.37. The second-order valence-electron chi connectivity index (χ2n) is 6.33. The van der Waals surface area contributed by atoms with E-state index < -0.39 is 5.60 Å². The summed E-state index contributed by atoms with van der Waals surface area (Å²) in [5.41, 5.74) is 3.05. The number of furan rings is 1. The summed E-state index contributed by atoms with van der Waals surface area (Å²) < 4.78 is 5.26. The van der Waals surface area contributed by atoms with Crippen molar-refractivity contribution in [2.24, 2.45) is 0 Å². The van der Waals surface area contributed by atoms with E-state index in [1.165, 1.54) is 11.1 Å². The lowest BCUT2D eigenvalue weighted by Gasteiger charge is -2.20. The van der Waals surface area contributed by atoms with Gasteiger partial charge in [-0.1, -0.05) is 6.07 Å². The molecule has 0 fully saturated rings. The summed E-state index contributed by atoms with van der Waals surface area (Å²) in [7, 11) is 0. The number of nitrogens with zero attached hydrogens (tertiary/aromatic N) is 3. The second-order valence-corrected chi connectivity index (χ2v) is 6.33. The molecule has 0 saturated heterocycles. The number of aromatic nitrogens is 3. The van der Waals surface area contributed by atoms with Crippen molar-refractivity contribution < 1.29 is 9.52 Å². The van der Waals surface area contributed by atoms with Gasteiger partial charge in [0.15, 0.2) is 0 Å². The molecule has 0 aliphatic rings. The van der Waals surface area contributed by atoms with E-state index in [2.05, 4.69) is 35.4 Å². The molecule has 1 atom stereocenters. The summed E-state index contributed by atoms with van der Waals surface area (Å²) in [6, 6.07) is 9.74. The number of aryl methyl sites for hydroxylation is 2. The molecule has 6 heteroatoms. The molecule has 3 aromatic rings. The smallest absolute Gasteiger partial charge is 0.136 e. The molecule has 0 amide bonds. The molecule has 6 nitrogen and oxygen atoms in total. The van der Waals surface area contributed by atoms with E-state index in [1.807, 2.05) is 12.1 Å². The lowest BCUT2D eigenvalue weighted by molar-refractivity contribution is 0.0339. The van der Waals surface area contributed by atoms with Gasteiger partial charge in [0.25, 0.3) is 0 Å². The maximum Gasteiger partial charge on any atom is 0.136 e. The molecule has 0 spiro atoms. The largest absolute Gasteiger partial charge is 0.466 e. The quantitative estimate of drug-likeness (QED) is 0.728. The summed E-state index contributed by atoms with van der Waals surface area (Å²) in [6.07, 6.45) is 3.28. The topological polar surface area (TPSA) is 76.1 Å². The molecular formula is C18H22N4O2. The Morgan fingerprint density at radius 2 is 2.00 bits per heavy atom. The zero-order valence-electron chi connectivity index (χ0n) is 14.2. The molecule has 0 saturated carbocycles. The maximum atomic E-state index is 10.4. The van der Waals surface area contributed by atoms with Gasteiger partial charge in [-0.05, 0) is 56.2 Å². The minimum Gasteiger partial charge on any atom is -0.466 e. The highest BCUT2D eigenvalue weighted by Crippen LogP contribution is 2.19. The standard InChI is InChI=1S/C18H22N4O2/c1-13-7-14(2)9-16(8-13)22-20-11-15(21-22)10-19-12-18(3,23)17-5-4-6-24-17/h4-9,11,19,23H,10,12H2,1-3H3. The van der Waals surface area contributed by atoms with Gasteiger partial charge in [-0.2, -0.15) is 15.0 Å². The molecular weight excluding hydrogens is 304 g/mol. The minimum atomic E-state index is -1.06. The first kappa shape index (κ1) is 16.4. The molecule has 2 aromatic heterocycles. The van der Waals surface area contributed by atoms with Gasteiger partial charge in [0.2, 0.25) is 0 Å². The van der Waals surface area contributed by atoms with Crippen LogP contribution < -0.4 is 5.32 Å². The van der Waals surface area contributed by atoms with Crippen LogP contribution in [0.5, 0.6) is 0 Å². The van der Waals surface area contributed by atoms with Crippen molar-refractivity contribution in [3.8, 4) is 5.69 Å². The van der Waals surface area contributed by atoms with Gasteiger partial charge in [-0.3, -0.25) is 0 Å². The van der Waals surface area contributed by atoms with Crippen molar-refractivity contribution in [2.75, 3.05) is 6.54 Å². The van der Waals surface area contributed by atoms with Crippen molar-refractivity contribution in [1.29, 1.82) is 0 Å². The van der Waals surface area contributed by atoms with E-state index in [1.54, 1.807) is 36.3 Å². The monoisotopic (exact) mass is 326 g/mol. The van der Waals surface area contributed by atoms with Gasteiger partial charge in [-0.25, -0.2) is 0 Å². The second kappa shape index (κ2) is 6.59. The Balaban J connectivity index is 1.62. The van der Waals surface area contributed by atoms with E-state index in [0.717, 1.165) is 11.4 Å².